The van der Waals surface area contributed by atoms with Gasteiger partial charge < -0.3 is 10.1 Å². The van der Waals surface area contributed by atoms with Crippen molar-refractivity contribution in [2.75, 3.05) is 6.61 Å². The molecule has 0 fully saturated rings. The number of thiophene rings is 1. The predicted octanol–water partition coefficient (Wildman–Crippen LogP) is 3.63. The van der Waals surface area contributed by atoms with E-state index in [-0.39, 0.29) is 18.6 Å². The minimum atomic E-state index is -0.569. The number of ether oxygens (including phenoxy) is 1. The number of esters is 1. The molecule has 2 aromatic rings. The summed E-state index contributed by atoms with van der Waals surface area (Å²) in [7, 11) is 0. The molecule has 0 saturated heterocycles. The van der Waals surface area contributed by atoms with E-state index >= 15 is 0 Å². The summed E-state index contributed by atoms with van der Waals surface area (Å²) >= 11 is 7.45. The van der Waals surface area contributed by atoms with Crippen molar-refractivity contribution >= 4 is 44.9 Å². The molecule has 0 spiro atoms. The van der Waals surface area contributed by atoms with Crippen molar-refractivity contribution in [1.29, 1.82) is 0 Å². The number of rotatable bonds is 5. The van der Waals surface area contributed by atoms with E-state index in [0.29, 0.717) is 9.90 Å². The second kappa shape index (κ2) is 6.91. The third-order valence-corrected chi connectivity index (χ3v) is 4.73. The number of benzene rings is 1. The standard InChI is InChI=1S/C15H16ClNO3S/c1-3-9(2)17-12(18)8-20-15(19)14-13(16)10-6-4-5-7-11(10)21-14/h4-7,9H,3,8H2,1-2H3,(H,17,18)/t9-/m0/s1. The smallest absolute Gasteiger partial charge is 0.350 e. The number of amides is 1. The molecule has 2 rings (SSSR count). The molecule has 1 amide bonds. The average molecular weight is 326 g/mol. The molecule has 1 aromatic heterocycles. The van der Waals surface area contributed by atoms with Gasteiger partial charge in [-0.1, -0.05) is 36.7 Å². The molecular weight excluding hydrogens is 310 g/mol. The van der Waals surface area contributed by atoms with E-state index in [4.69, 9.17) is 16.3 Å². The van der Waals surface area contributed by atoms with Crippen LogP contribution in [0.2, 0.25) is 5.02 Å². The zero-order chi connectivity index (χ0) is 15.4. The highest BCUT2D eigenvalue weighted by Crippen LogP contribution is 2.35. The summed E-state index contributed by atoms with van der Waals surface area (Å²) in [5.41, 5.74) is 0. The number of hydrogen-bond donors (Lipinski definition) is 1. The first-order chi connectivity index (χ1) is 10.0. The highest BCUT2D eigenvalue weighted by Gasteiger charge is 2.19. The molecule has 0 saturated carbocycles. The summed E-state index contributed by atoms with van der Waals surface area (Å²) in [5.74, 6) is -0.879. The van der Waals surface area contributed by atoms with Crippen LogP contribution in [-0.2, 0) is 9.53 Å². The summed E-state index contributed by atoms with van der Waals surface area (Å²) in [5, 5.41) is 3.93. The van der Waals surface area contributed by atoms with Crippen LogP contribution in [0.5, 0.6) is 0 Å². The van der Waals surface area contributed by atoms with E-state index in [1.165, 1.54) is 11.3 Å². The van der Waals surface area contributed by atoms with E-state index in [9.17, 15) is 9.59 Å². The Hall–Kier alpha value is -1.59. The van der Waals surface area contributed by atoms with E-state index in [2.05, 4.69) is 5.32 Å². The maximum absolute atomic E-state index is 12.0. The van der Waals surface area contributed by atoms with Crippen molar-refractivity contribution in [3.63, 3.8) is 0 Å². The van der Waals surface area contributed by atoms with E-state index < -0.39 is 5.97 Å². The van der Waals surface area contributed by atoms with Crippen molar-refractivity contribution in [2.24, 2.45) is 0 Å². The van der Waals surface area contributed by atoms with Crippen LogP contribution in [0, 0.1) is 0 Å². The summed E-state index contributed by atoms with van der Waals surface area (Å²) in [6.07, 6.45) is 0.821. The summed E-state index contributed by atoms with van der Waals surface area (Å²) in [6, 6.07) is 7.53. The van der Waals surface area contributed by atoms with E-state index in [1.54, 1.807) is 0 Å². The largest absolute Gasteiger partial charge is 0.451 e. The molecule has 1 aromatic carbocycles. The summed E-state index contributed by atoms with van der Waals surface area (Å²) in [4.78, 5) is 23.9. The van der Waals surface area contributed by atoms with Gasteiger partial charge in [0.15, 0.2) is 6.61 Å². The second-order valence-electron chi connectivity index (χ2n) is 4.69. The van der Waals surface area contributed by atoms with Gasteiger partial charge in [-0.15, -0.1) is 11.3 Å². The quantitative estimate of drug-likeness (QED) is 0.854. The van der Waals surface area contributed by atoms with Gasteiger partial charge in [0.1, 0.15) is 4.88 Å². The van der Waals surface area contributed by atoms with Crippen LogP contribution < -0.4 is 5.32 Å². The Bertz CT molecular complexity index is 668. The number of nitrogens with one attached hydrogen (secondary N) is 1. The van der Waals surface area contributed by atoms with Gasteiger partial charge in [-0.25, -0.2) is 4.79 Å². The molecule has 0 bridgehead atoms. The fraction of sp³-hybridized carbons (Fsp3) is 0.333. The molecule has 112 valence electrons. The molecule has 0 aliphatic heterocycles. The van der Waals surface area contributed by atoms with Gasteiger partial charge in [-0.05, 0) is 19.4 Å². The lowest BCUT2D eigenvalue weighted by atomic mass is 10.2. The van der Waals surface area contributed by atoms with Gasteiger partial charge in [-0.3, -0.25) is 4.79 Å². The lowest BCUT2D eigenvalue weighted by molar-refractivity contribution is -0.124. The van der Waals surface area contributed by atoms with Crippen LogP contribution in [0.1, 0.15) is 29.9 Å². The fourth-order valence-corrected chi connectivity index (χ4v) is 3.16. The molecule has 1 N–H and O–H groups in total. The summed E-state index contributed by atoms with van der Waals surface area (Å²) in [6.45, 7) is 3.56. The Labute approximate surface area is 132 Å². The molecule has 0 unspecified atom stereocenters. The van der Waals surface area contributed by atoms with Crippen molar-refractivity contribution in [3.05, 3.63) is 34.2 Å². The molecule has 4 nitrogen and oxygen atoms in total. The lowest BCUT2D eigenvalue weighted by Gasteiger charge is -2.11. The van der Waals surface area contributed by atoms with Crippen molar-refractivity contribution in [1.82, 2.24) is 5.32 Å². The Kier molecular flexibility index (Phi) is 5.20. The maximum atomic E-state index is 12.0. The Morgan fingerprint density at radius 1 is 1.38 bits per heavy atom. The third-order valence-electron chi connectivity index (χ3n) is 3.07. The van der Waals surface area contributed by atoms with E-state index in [1.807, 2.05) is 38.1 Å². The number of hydrogen-bond acceptors (Lipinski definition) is 4. The number of fused-ring (bicyclic) bond motifs is 1. The number of halogens is 1. The molecule has 6 heteroatoms. The summed E-state index contributed by atoms with van der Waals surface area (Å²) < 4.78 is 5.94. The topological polar surface area (TPSA) is 55.4 Å². The highest BCUT2D eigenvalue weighted by molar-refractivity contribution is 7.21. The maximum Gasteiger partial charge on any atom is 0.350 e. The first-order valence-corrected chi connectivity index (χ1v) is 7.86. The SMILES string of the molecule is CC[C@H](C)NC(=O)COC(=O)c1sc2ccccc2c1Cl. The first kappa shape index (κ1) is 15.8. The highest BCUT2D eigenvalue weighted by atomic mass is 35.5. The molecule has 0 aliphatic rings. The first-order valence-electron chi connectivity index (χ1n) is 6.66. The normalized spacial score (nSPS) is 12.1. The lowest BCUT2D eigenvalue weighted by Crippen LogP contribution is -2.35. The molecule has 0 aliphatic carbocycles. The van der Waals surface area contributed by atoms with Crippen molar-refractivity contribution < 1.29 is 14.3 Å². The van der Waals surface area contributed by atoms with Crippen LogP contribution >= 0.6 is 22.9 Å². The molecule has 21 heavy (non-hydrogen) atoms. The van der Waals surface area contributed by atoms with Gasteiger partial charge in [-0.2, -0.15) is 0 Å². The van der Waals surface area contributed by atoms with Crippen LogP contribution in [0.3, 0.4) is 0 Å². The molecule has 0 radical (unpaired) electrons. The molecule has 1 atom stereocenters. The van der Waals surface area contributed by atoms with Crippen molar-refractivity contribution in [2.45, 2.75) is 26.3 Å². The van der Waals surface area contributed by atoms with Gasteiger partial charge in [0.25, 0.3) is 5.91 Å². The average Bonchev–Trinajstić information content (AvgIpc) is 2.82. The van der Waals surface area contributed by atoms with Crippen molar-refractivity contribution in [3.8, 4) is 0 Å². The zero-order valence-electron chi connectivity index (χ0n) is 11.8. The van der Waals surface area contributed by atoms with Gasteiger partial charge in [0, 0.05) is 16.1 Å². The Balaban J connectivity index is 2.02. The predicted molar refractivity (Wildman–Crippen MR) is 85.0 cm³/mol. The van der Waals surface area contributed by atoms with Crippen LogP contribution in [0.15, 0.2) is 24.3 Å². The number of carbonyl (C=O) groups is 2. The van der Waals surface area contributed by atoms with Gasteiger partial charge in [0.2, 0.25) is 0 Å². The van der Waals surface area contributed by atoms with Crippen LogP contribution in [0.4, 0.5) is 0 Å². The van der Waals surface area contributed by atoms with Crippen LogP contribution in [0.25, 0.3) is 10.1 Å². The minimum Gasteiger partial charge on any atom is -0.451 e. The Morgan fingerprint density at radius 2 is 2.10 bits per heavy atom. The minimum absolute atomic E-state index is 0.0594. The molecule has 1 heterocycles. The third kappa shape index (κ3) is 3.74. The van der Waals surface area contributed by atoms with E-state index in [0.717, 1.165) is 16.5 Å². The zero-order valence-corrected chi connectivity index (χ0v) is 13.4. The fourth-order valence-electron chi connectivity index (χ4n) is 1.76. The number of carbonyl (C=O) groups excluding carboxylic acids is 2. The van der Waals surface area contributed by atoms with Gasteiger partial charge >= 0.3 is 5.97 Å². The second-order valence-corrected chi connectivity index (χ2v) is 6.12. The van der Waals surface area contributed by atoms with Gasteiger partial charge in [0.05, 0.1) is 5.02 Å². The van der Waals surface area contributed by atoms with Crippen LogP contribution in [-0.4, -0.2) is 24.5 Å². The monoisotopic (exact) mass is 325 g/mol. The molecular formula is C15H16ClNO3S. The Morgan fingerprint density at radius 3 is 2.76 bits per heavy atom.